The fourth-order valence-electron chi connectivity index (χ4n) is 3.11. The molecule has 0 radical (unpaired) electrons. The molecule has 0 saturated carbocycles. The van der Waals surface area contributed by atoms with Crippen molar-refractivity contribution in [3.8, 4) is 10.7 Å². The van der Waals surface area contributed by atoms with Crippen LogP contribution in [-0.2, 0) is 18.4 Å². The van der Waals surface area contributed by atoms with Gasteiger partial charge in [-0.25, -0.2) is 0 Å². The molecule has 0 aliphatic carbocycles. The molecule has 3 heterocycles. The number of rotatable bonds is 5. The molecule has 4 aromatic rings. The quantitative estimate of drug-likeness (QED) is 0.338. The number of nitrogens with one attached hydrogen (secondary N) is 3. The summed E-state index contributed by atoms with van der Waals surface area (Å²) < 4.78 is 4.09. The van der Waals surface area contributed by atoms with Gasteiger partial charge in [-0.15, -0.1) is 11.3 Å². The Kier molecular flexibility index (Phi) is 5.28. The van der Waals surface area contributed by atoms with Gasteiger partial charge in [0.1, 0.15) is 0 Å². The number of hydrogen-bond donors (Lipinski definition) is 3. The molecule has 0 aliphatic rings. The van der Waals surface area contributed by atoms with Crippen LogP contribution in [0, 0.1) is 4.77 Å². The first-order chi connectivity index (χ1) is 14.0. The van der Waals surface area contributed by atoms with E-state index in [4.69, 9.17) is 12.2 Å². The Balaban J connectivity index is 1.38. The van der Waals surface area contributed by atoms with Gasteiger partial charge in [0.2, 0.25) is 5.91 Å². The molecule has 0 bridgehead atoms. The predicted octanol–water partition coefficient (Wildman–Crippen LogP) is 3.01. The molecule has 4 rings (SSSR count). The van der Waals surface area contributed by atoms with Crippen molar-refractivity contribution in [1.82, 2.24) is 30.2 Å². The summed E-state index contributed by atoms with van der Waals surface area (Å²) in [4.78, 5) is 25.7. The minimum Gasteiger partial charge on any atom is -0.350 e. The van der Waals surface area contributed by atoms with Crippen LogP contribution in [0.3, 0.4) is 0 Å². The lowest BCUT2D eigenvalue weighted by Gasteiger charge is -2.08. The third kappa shape index (κ3) is 3.84. The summed E-state index contributed by atoms with van der Waals surface area (Å²) >= 11 is 6.81. The van der Waals surface area contributed by atoms with Crippen molar-refractivity contribution in [2.45, 2.75) is 13.0 Å². The Labute approximate surface area is 175 Å². The van der Waals surface area contributed by atoms with Gasteiger partial charge < -0.3 is 4.57 Å². The largest absolute Gasteiger partial charge is 0.350 e. The van der Waals surface area contributed by atoms with E-state index >= 15 is 0 Å². The number of para-hydroxylation sites is 1. The Bertz CT molecular complexity index is 1240. The number of H-pyrrole nitrogens is 1. The van der Waals surface area contributed by atoms with Gasteiger partial charge in [0.15, 0.2) is 10.6 Å². The maximum atomic E-state index is 12.5. The molecular weight excluding hydrogens is 408 g/mol. The third-order valence-electron chi connectivity index (χ3n) is 4.52. The van der Waals surface area contributed by atoms with Gasteiger partial charge in [0, 0.05) is 37.1 Å². The Morgan fingerprint density at radius 2 is 2.03 bits per heavy atom. The Hall–Kier alpha value is -3.24. The molecule has 3 N–H and O–H groups in total. The van der Waals surface area contributed by atoms with Crippen molar-refractivity contribution in [3.63, 3.8) is 0 Å². The monoisotopic (exact) mass is 426 g/mol. The molecular formula is C19H18N6O2S2. The number of aromatic amines is 1. The highest BCUT2D eigenvalue weighted by Gasteiger charge is 2.15. The van der Waals surface area contributed by atoms with E-state index in [1.165, 1.54) is 0 Å². The summed E-state index contributed by atoms with van der Waals surface area (Å²) in [6.45, 7) is 0.346. The zero-order valence-corrected chi connectivity index (χ0v) is 17.1. The minimum absolute atomic E-state index is 0.141. The van der Waals surface area contributed by atoms with Gasteiger partial charge in [-0.1, -0.05) is 24.3 Å². The van der Waals surface area contributed by atoms with E-state index in [1.807, 2.05) is 53.4 Å². The number of hydrogen-bond acceptors (Lipinski definition) is 5. The molecule has 29 heavy (non-hydrogen) atoms. The number of aromatic nitrogens is 4. The molecule has 0 fully saturated rings. The van der Waals surface area contributed by atoms with Gasteiger partial charge >= 0.3 is 0 Å². The van der Waals surface area contributed by atoms with Crippen LogP contribution in [-0.4, -0.2) is 31.1 Å². The molecule has 0 aliphatic heterocycles. The predicted molar refractivity (Wildman–Crippen MR) is 114 cm³/mol. The SMILES string of the molecule is Cn1cc(C(=O)NNC(=O)CCn2c(-c3cccs3)n[nH]c2=S)c2ccccc21. The highest BCUT2D eigenvalue weighted by atomic mass is 32.1. The minimum atomic E-state index is -0.366. The molecule has 0 spiro atoms. The number of amides is 2. The van der Waals surface area contributed by atoms with Crippen molar-refractivity contribution < 1.29 is 9.59 Å². The number of hydrazine groups is 1. The Morgan fingerprint density at radius 3 is 2.83 bits per heavy atom. The summed E-state index contributed by atoms with van der Waals surface area (Å²) in [6, 6.07) is 11.5. The first kappa shape index (κ1) is 19.1. The first-order valence-corrected chi connectivity index (χ1v) is 10.2. The van der Waals surface area contributed by atoms with Crippen LogP contribution < -0.4 is 10.9 Å². The van der Waals surface area contributed by atoms with Crippen LogP contribution in [0.1, 0.15) is 16.8 Å². The maximum absolute atomic E-state index is 12.5. The molecule has 2 amide bonds. The highest BCUT2D eigenvalue weighted by molar-refractivity contribution is 7.71. The summed E-state index contributed by atoms with van der Waals surface area (Å²) in [5.74, 6) is 0.00533. The van der Waals surface area contributed by atoms with Crippen LogP contribution in [0.25, 0.3) is 21.6 Å². The first-order valence-electron chi connectivity index (χ1n) is 8.87. The van der Waals surface area contributed by atoms with Crippen LogP contribution in [0.15, 0.2) is 48.0 Å². The number of nitrogens with zero attached hydrogens (tertiary/aromatic N) is 3. The van der Waals surface area contributed by atoms with Crippen molar-refractivity contribution in [2.24, 2.45) is 7.05 Å². The van der Waals surface area contributed by atoms with E-state index < -0.39 is 0 Å². The number of carbonyl (C=O) groups excluding carboxylic acids is 2. The van der Waals surface area contributed by atoms with Crippen molar-refractivity contribution >= 4 is 46.3 Å². The molecule has 1 aromatic carbocycles. The molecule has 0 saturated heterocycles. The van der Waals surface area contributed by atoms with Gasteiger partial charge in [0.05, 0.1) is 10.4 Å². The van der Waals surface area contributed by atoms with Gasteiger partial charge in [-0.2, -0.15) is 5.10 Å². The molecule has 0 atom stereocenters. The maximum Gasteiger partial charge on any atom is 0.271 e. The molecule has 8 nitrogen and oxygen atoms in total. The van der Waals surface area contributed by atoms with Crippen LogP contribution in [0.2, 0.25) is 0 Å². The fraction of sp³-hybridized carbons (Fsp3) is 0.158. The Morgan fingerprint density at radius 1 is 1.21 bits per heavy atom. The zero-order chi connectivity index (χ0) is 20.4. The smallest absolute Gasteiger partial charge is 0.271 e. The van der Waals surface area contributed by atoms with Crippen LogP contribution >= 0.6 is 23.6 Å². The molecule has 148 valence electrons. The van der Waals surface area contributed by atoms with E-state index in [0.717, 1.165) is 15.8 Å². The topological polar surface area (TPSA) is 96.7 Å². The second kappa shape index (κ2) is 8.02. The molecule has 0 unspecified atom stereocenters. The lowest BCUT2D eigenvalue weighted by Crippen LogP contribution is -2.41. The normalized spacial score (nSPS) is 10.9. The second-order valence-electron chi connectivity index (χ2n) is 6.40. The van der Waals surface area contributed by atoms with Gasteiger partial charge in [-0.3, -0.25) is 30.1 Å². The van der Waals surface area contributed by atoms with E-state index in [2.05, 4.69) is 21.0 Å². The second-order valence-corrected chi connectivity index (χ2v) is 7.74. The van der Waals surface area contributed by atoms with Gasteiger partial charge in [0.25, 0.3) is 5.91 Å². The average molecular weight is 427 g/mol. The molecule has 3 aromatic heterocycles. The van der Waals surface area contributed by atoms with Crippen LogP contribution in [0.5, 0.6) is 0 Å². The van der Waals surface area contributed by atoms with Crippen molar-refractivity contribution in [1.29, 1.82) is 0 Å². The summed E-state index contributed by atoms with van der Waals surface area (Å²) in [5, 5.41) is 9.77. The number of benzene rings is 1. The molecule has 10 heteroatoms. The fourth-order valence-corrected chi connectivity index (χ4v) is 4.06. The van der Waals surface area contributed by atoms with Gasteiger partial charge in [-0.05, 0) is 29.7 Å². The standard InChI is InChI=1S/C19H18N6O2S2/c1-24-11-13(12-5-2-3-6-14(12)24)18(27)22-20-16(26)8-9-25-17(21-23-19(25)28)15-7-4-10-29-15/h2-7,10-11H,8-9H2,1H3,(H,20,26)(H,22,27)(H,23,28). The summed E-state index contributed by atoms with van der Waals surface area (Å²) in [6.07, 6.45) is 1.88. The highest BCUT2D eigenvalue weighted by Crippen LogP contribution is 2.23. The lowest BCUT2D eigenvalue weighted by molar-refractivity contribution is -0.122. The summed E-state index contributed by atoms with van der Waals surface area (Å²) in [7, 11) is 1.87. The lowest BCUT2D eigenvalue weighted by atomic mass is 10.2. The average Bonchev–Trinajstić information content (AvgIpc) is 3.44. The number of carbonyl (C=O) groups is 2. The van der Waals surface area contributed by atoms with Crippen molar-refractivity contribution in [2.75, 3.05) is 0 Å². The van der Waals surface area contributed by atoms with Crippen LogP contribution in [0.4, 0.5) is 0 Å². The summed E-state index contributed by atoms with van der Waals surface area (Å²) in [5.41, 5.74) is 6.39. The van der Waals surface area contributed by atoms with E-state index in [0.29, 0.717) is 22.7 Å². The number of thiophene rings is 1. The number of aryl methyl sites for hydroxylation is 1. The third-order valence-corrected chi connectivity index (χ3v) is 5.70. The van der Waals surface area contributed by atoms with E-state index in [1.54, 1.807) is 22.1 Å². The number of fused-ring (bicyclic) bond motifs is 1. The zero-order valence-electron chi connectivity index (χ0n) is 15.5. The van der Waals surface area contributed by atoms with E-state index in [-0.39, 0.29) is 18.2 Å². The van der Waals surface area contributed by atoms with Crippen molar-refractivity contribution in [3.05, 3.63) is 58.3 Å². The van der Waals surface area contributed by atoms with E-state index in [9.17, 15) is 9.59 Å².